The predicted octanol–water partition coefficient (Wildman–Crippen LogP) is 4.18. The van der Waals surface area contributed by atoms with E-state index in [0.29, 0.717) is 15.6 Å². The molecule has 0 bridgehead atoms. The molecule has 0 aliphatic heterocycles. The first-order chi connectivity index (χ1) is 9.72. The third kappa shape index (κ3) is 3.51. The summed E-state index contributed by atoms with van der Waals surface area (Å²) in [5, 5.41) is 14.4. The molecule has 0 heterocycles. The Morgan fingerprint density at radius 1 is 1.05 bits per heavy atom. The van der Waals surface area contributed by atoms with E-state index in [-0.39, 0.29) is 0 Å². The Hall–Kier alpha value is -2.02. The molecule has 0 aliphatic rings. The standard InChI is InChI=1S/C15H11Cl2N3/c16-13-7-3-1-5-11(13)10-19-20-15(9-18)12-6-2-4-8-14(12)17/h1-8,10,15,20H/b19-10+. The van der Waals surface area contributed by atoms with E-state index in [1.54, 1.807) is 24.4 Å². The van der Waals surface area contributed by atoms with Gasteiger partial charge in [0.15, 0.2) is 6.04 Å². The Kier molecular flexibility index (Phi) is 5.00. The average Bonchev–Trinajstić information content (AvgIpc) is 2.46. The van der Waals surface area contributed by atoms with E-state index in [2.05, 4.69) is 16.6 Å². The van der Waals surface area contributed by atoms with Crippen molar-refractivity contribution in [3.05, 3.63) is 69.7 Å². The lowest BCUT2D eigenvalue weighted by Crippen LogP contribution is -2.14. The van der Waals surface area contributed by atoms with E-state index < -0.39 is 6.04 Å². The fourth-order valence-corrected chi connectivity index (χ4v) is 2.07. The molecule has 20 heavy (non-hydrogen) atoms. The first kappa shape index (κ1) is 14.4. The van der Waals surface area contributed by atoms with Crippen molar-refractivity contribution in [3.63, 3.8) is 0 Å². The van der Waals surface area contributed by atoms with Gasteiger partial charge in [0, 0.05) is 21.2 Å². The van der Waals surface area contributed by atoms with E-state index >= 15 is 0 Å². The van der Waals surface area contributed by atoms with Crippen LogP contribution in [0.2, 0.25) is 10.0 Å². The number of hydrogen-bond donors (Lipinski definition) is 1. The third-order valence-electron chi connectivity index (χ3n) is 2.66. The van der Waals surface area contributed by atoms with Crippen LogP contribution in [0, 0.1) is 11.3 Å². The molecule has 2 rings (SSSR count). The van der Waals surface area contributed by atoms with E-state index in [4.69, 9.17) is 23.2 Å². The molecule has 2 aromatic carbocycles. The summed E-state index contributed by atoms with van der Waals surface area (Å²) in [4.78, 5) is 0. The zero-order chi connectivity index (χ0) is 14.4. The summed E-state index contributed by atoms with van der Waals surface area (Å²) in [7, 11) is 0. The quantitative estimate of drug-likeness (QED) is 0.680. The highest BCUT2D eigenvalue weighted by molar-refractivity contribution is 6.33. The lowest BCUT2D eigenvalue weighted by Gasteiger charge is -2.10. The third-order valence-corrected chi connectivity index (χ3v) is 3.35. The first-order valence-electron chi connectivity index (χ1n) is 5.89. The van der Waals surface area contributed by atoms with Gasteiger partial charge < -0.3 is 0 Å². The molecular weight excluding hydrogens is 293 g/mol. The lowest BCUT2D eigenvalue weighted by atomic mass is 10.1. The molecule has 0 spiro atoms. The first-order valence-corrected chi connectivity index (χ1v) is 6.65. The molecule has 0 amide bonds. The van der Waals surface area contributed by atoms with Gasteiger partial charge in [-0.3, -0.25) is 5.43 Å². The highest BCUT2D eigenvalue weighted by Gasteiger charge is 2.11. The number of rotatable bonds is 4. The van der Waals surface area contributed by atoms with Crippen molar-refractivity contribution in [2.24, 2.45) is 5.10 Å². The fraction of sp³-hybridized carbons (Fsp3) is 0.0667. The summed E-state index contributed by atoms with van der Waals surface area (Å²) in [6.45, 7) is 0. The number of nitriles is 1. The van der Waals surface area contributed by atoms with Crippen LogP contribution in [0.25, 0.3) is 0 Å². The number of nitrogens with zero attached hydrogens (tertiary/aromatic N) is 2. The van der Waals surface area contributed by atoms with Gasteiger partial charge in [-0.05, 0) is 12.1 Å². The minimum atomic E-state index is -0.609. The Morgan fingerprint density at radius 3 is 2.35 bits per heavy atom. The Balaban J connectivity index is 2.11. The van der Waals surface area contributed by atoms with Gasteiger partial charge in [-0.25, -0.2) is 0 Å². The van der Waals surface area contributed by atoms with Crippen LogP contribution in [0.1, 0.15) is 17.2 Å². The highest BCUT2D eigenvalue weighted by Crippen LogP contribution is 2.22. The second-order valence-corrected chi connectivity index (χ2v) is 4.81. The summed E-state index contributed by atoms with van der Waals surface area (Å²) in [5.41, 5.74) is 4.23. The van der Waals surface area contributed by atoms with E-state index in [9.17, 15) is 5.26 Å². The van der Waals surface area contributed by atoms with Crippen molar-refractivity contribution in [2.75, 3.05) is 0 Å². The topological polar surface area (TPSA) is 48.2 Å². The maximum Gasteiger partial charge on any atom is 0.157 e. The molecule has 0 aliphatic carbocycles. The molecule has 100 valence electrons. The van der Waals surface area contributed by atoms with Crippen LogP contribution in [0.15, 0.2) is 53.6 Å². The summed E-state index contributed by atoms with van der Waals surface area (Å²) in [6, 6.07) is 16.0. The van der Waals surface area contributed by atoms with Gasteiger partial charge in [0.2, 0.25) is 0 Å². The summed E-state index contributed by atoms with van der Waals surface area (Å²) in [5.74, 6) is 0. The molecule has 0 saturated carbocycles. The van der Waals surface area contributed by atoms with Crippen molar-refractivity contribution >= 4 is 29.4 Å². The van der Waals surface area contributed by atoms with Gasteiger partial charge in [-0.15, -0.1) is 0 Å². The molecule has 0 fully saturated rings. The maximum absolute atomic E-state index is 9.18. The molecule has 5 heteroatoms. The van der Waals surface area contributed by atoms with Gasteiger partial charge in [-0.2, -0.15) is 10.4 Å². The van der Waals surface area contributed by atoms with Crippen LogP contribution in [-0.2, 0) is 0 Å². The van der Waals surface area contributed by atoms with Crippen LogP contribution in [0.4, 0.5) is 0 Å². The zero-order valence-corrected chi connectivity index (χ0v) is 11.9. The highest BCUT2D eigenvalue weighted by atomic mass is 35.5. The second kappa shape index (κ2) is 6.95. The van der Waals surface area contributed by atoms with Crippen molar-refractivity contribution in [1.82, 2.24) is 5.43 Å². The van der Waals surface area contributed by atoms with E-state index in [0.717, 1.165) is 5.56 Å². The minimum Gasteiger partial charge on any atom is -0.288 e. The minimum absolute atomic E-state index is 0.527. The molecule has 1 unspecified atom stereocenters. The van der Waals surface area contributed by atoms with Gasteiger partial charge in [0.1, 0.15) is 0 Å². The SMILES string of the molecule is N#CC(N/N=C/c1ccccc1Cl)c1ccccc1Cl. The molecule has 1 N–H and O–H groups in total. The Bertz CT molecular complexity index is 662. The van der Waals surface area contributed by atoms with Gasteiger partial charge in [-0.1, -0.05) is 59.6 Å². The number of halogens is 2. The van der Waals surface area contributed by atoms with Crippen LogP contribution in [0.3, 0.4) is 0 Å². The monoisotopic (exact) mass is 303 g/mol. The van der Waals surface area contributed by atoms with Crippen molar-refractivity contribution in [3.8, 4) is 6.07 Å². The molecule has 1 atom stereocenters. The zero-order valence-electron chi connectivity index (χ0n) is 10.4. The summed E-state index contributed by atoms with van der Waals surface area (Å²) >= 11 is 12.1. The van der Waals surface area contributed by atoms with Crippen LogP contribution in [0.5, 0.6) is 0 Å². The fourth-order valence-electron chi connectivity index (χ4n) is 1.64. The van der Waals surface area contributed by atoms with Crippen molar-refractivity contribution < 1.29 is 0 Å². The molecule has 0 saturated heterocycles. The normalized spacial score (nSPS) is 12.1. The van der Waals surface area contributed by atoms with Crippen LogP contribution >= 0.6 is 23.2 Å². The Labute approximate surface area is 127 Å². The molecule has 3 nitrogen and oxygen atoms in total. The predicted molar refractivity (Wildman–Crippen MR) is 82.0 cm³/mol. The molecular formula is C15H11Cl2N3. The second-order valence-electron chi connectivity index (χ2n) is 3.99. The van der Waals surface area contributed by atoms with Gasteiger partial charge >= 0.3 is 0 Å². The van der Waals surface area contributed by atoms with Crippen LogP contribution < -0.4 is 5.43 Å². The number of hydrogen-bond acceptors (Lipinski definition) is 3. The largest absolute Gasteiger partial charge is 0.288 e. The Morgan fingerprint density at radius 2 is 1.70 bits per heavy atom. The molecule has 2 aromatic rings. The smallest absolute Gasteiger partial charge is 0.157 e. The maximum atomic E-state index is 9.18. The summed E-state index contributed by atoms with van der Waals surface area (Å²) in [6.07, 6.45) is 1.57. The van der Waals surface area contributed by atoms with Gasteiger partial charge in [0.25, 0.3) is 0 Å². The van der Waals surface area contributed by atoms with Crippen molar-refractivity contribution in [1.29, 1.82) is 5.26 Å². The van der Waals surface area contributed by atoms with Crippen molar-refractivity contribution in [2.45, 2.75) is 6.04 Å². The van der Waals surface area contributed by atoms with E-state index in [1.165, 1.54) is 0 Å². The molecule has 0 aromatic heterocycles. The number of benzene rings is 2. The average molecular weight is 304 g/mol. The lowest BCUT2D eigenvalue weighted by molar-refractivity contribution is 0.672. The molecule has 0 radical (unpaired) electrons. The number of nitrogens with one attached hydrogen (secondary N) is 1. The van der Waals surface area contributed by atoms with Gasteiger partial charge in [0.05, 0.1) is 12.3 Å². The summed E-state index contributed by atoms with van der Waals surface area (Å²) < 4.78 is 0. The van der Waals surface area contributed by atoms with E-state index in [1.807, 2.05) is 30.3 Å². The number of hydrazone groups is 1. The van der Waals surface area contributed by atoms with Crippen LogP contribution in [-0.4, -0.2) is 6.21 Å².